The largest absolute Gasteiger partial charge is 0.380 e. The van der Waals surface area contributed by atoms with Crippen LogP contribution < -0.4 is 5.32 Å². The average Bonchev–Trinajstić information content (AvgIpc) is 3.10. The van der Waals surface area contributed by atoms with Gasteiger partial charge in [-0.2, -0.15) is 0 Å². The normalized spacial score (nSPS) is 10.4. The van der Waals surface area contributed by atoms with E-state index in [0.717, 1.165) is 6.54 Å². The lowest BCUT2D eigenvalue weighted by Crippen LogP contribution is -1.99. The SMILES string of the molecule is c1csc(-c2ccccc2NCc2cc[nH]c2)c1. The molecule has 0 unspecified atom stereocenters. The van der Waals surface area contributed by atoms with Crippen molar-refractivity contribution in [2.75, 3.05) is 5.32 Å². The molecule has 0 fully saturated rings. The van der Waals surface area contributed by atoms with Crippen molar-refractivity contribution in [3.63, 3.8) is 0 Å². The predicted octanol–water partition coefficient (Wildman–Crippen LogP) is 4.36. The number of rotatable bonds is 4. The molecular weight excluding hydrogens is 240 g/mol. The molecular formula is C15H14N2S. The van der Waals surface area contributed by atoms with E-state index >= 15 is 0 Å². The lowest BCUT2D eigenvalue weighted by atomic mass is 10.1. The van der Waals surface area contributed by atoms with Gasteiger partial charge in [0.1, 0.15) is 0 Å². The summed E-state index contributed by atoms with van der Waals surface area (Å²) >= 11 is 1.77. The van der Waals surface area contributed by atoms with Crippen LogP contribution in [-0.4, -0.2) is 4.98 Å². The summed E-state index contributed by atoms with van der Waals surface area (Å²) in [5, 5.41) is 5.60. The Balaban J connectivity index is 1.84. The molecule has 0 aliphatic heterocycles. The summed E-state index contributed by atoms with van der Waals surface area (Å²) < 4.78 is 0. The first-order valence-electron chi connectivity index (χ1n) is 5.92. The number of para-hydroxylation sites is 1. The number of aromatic amines is 1. The number of thiophene rings is 1. The molecule has 90 valence electrons. The highest BCUT2D eigenvalue weighted by Crippen LogP contribution is 2.31. The molecule has 0 spiro atoms. The van der Waals surface area contributed by atoms with Gasteiger partial charge in [-0.1, -0.05) is 24.3 Å². The Morgan fingerprint density at radius 1 is 1.06 bits per heavy atom. The van der Waals surface area contributed by atoms with Crippen LogP contribution in [0.3, 0.4) is 0 Å². The lowest BCUT2D eigenvalue weighted by molar-refractivity contribution is 1.15. The minimum Gasteiger partial charge on any atom is -0.380 e. The van der Waals surface area contributed by atoms with Crippen LogP contribution in [0.15, 0.2) is 60.2 Å². The number of hydrogen-bond donors (Lipinski definition) is 2. The molecule has 3 aromatic rings. The Bertz CT molecular complexity index is 597. The van der Waals surface area contributed by atoms with Gasteiger partial charge in [-0.25, -0.2) is 0 Å². The van der Waals surface area contributed by atoms with E-state index in [1.54, 1.807) is 11.3 Å². The summed E-state index contributed by atoms with van der Waals surface area (Å²) in [4.78, 5) is 4.37. The molecule has 0 aliphatic rings. The average molecular weight is 254 g/mol. The van der Waals surface area contributed by atoms with Gasteiger partial charge < -0.3 is 10.3 Å². The van der Waals surface area contributed by atoms with Gasteiger partial charge >= 0.3 is 0 Å². The molecule has 2 aromatic heterocycles. The minimum absolute atomic E-state index is 0.839. The van der Waals surface area contributed by atoms with Crippen molar-refractivity contribution < 1.29 is 0 Å². The second-order valence-electron chi connectivity index (χ2n) is 4.10. The van der Waals surface area contributed by atoms with Crippen molar-refractivity contribution in [1.82, 2.24) is 4.98 Å². The Morgan fingerprint density at radius 3 is 2.78 bits per heavy atom. The first-order chi connectivity index (χ1) is 8.93. The maximum absolute atomic E-state index is 3.49. The predicted molar refractivity (Wildman–Crippen MR) is 77.9 cm³/mol. The van der Waals surface area contributed by atoms with Crippen LogP contribution >= 0.6 is 11.3 Å². The van der Waals surface area contributed by atoms with Gasteiger partial charge in [0, 0.05) is 35.1 Å². The van der Waals surface area contributed by atoms with Crippen LogP contribution in [0.5, 0.6) is 0 Å². The van der Waals surface area contributed by atoms with E-state index in [-0.39, 0.29) is 0 Å². The van der Waals surface area contributed by atoms with Crippen molar-refractivity contribution in [1.29, 1.82) is 0 Å². The number of aromatic nitrogens is 1. The van der Waals surface area contributed by atoms with Gasteiger partial charge in [-0.15, -0.1) is 11.3 Å². The van der Waals surface area contributed by atoms with E-state index in [0.29, 0.717) is 0 Å². The molecule has 1 aromatic carbocycles. The molecule has 3 rings (SSSR count). The number of nitrogens with one attached hydrogen (secondary N) is 2. The number of H-pyrrole nitrogens is 1. The molecule has 0 radical (unpaired) electrons. The zero-order chi connectivity index (χ0) is 12.2. The third-order valence-corrected chi connectivity index (χ3v) is 3.76. The van der Waals surface area contributed by atoms with Crippen molar-refractivity contribution in [2.24, 2.45) is 0 Å². The lowest BCUT2D eigenvalue weighted by Gasteiger charge is -2.10. The maximum Gasteiger partial charge on any atom is 0.0430 e. The van der Waals surface area contributed by atoms with Crippen LogP contribution in [0.1, 0.15) is 5.56 Å². The third-order valence-electron chi connectivity index (χ3n) is 2.86. The number of anilines is 1. The molecule has 0 bridgehead atoms. The zero-order valence-corrected chi connectivity index (χ0v) is 10.7. The van der Waals surface area contributed by atoms with E-state index < -0.39 is 0 Å². The third kappa shape index (κ3) is 2.31. The maximum atomic E-state index is 3.49. The van der Waals surface area contributed by atoms with Crippen LogP contribution in [0.2, 0.25) is 0 Å². The Kier molecular flexibility index (Phi) is 3.15. The second kappa shape index (κ2) is 5.10. The van der Waals surface area contributed by atoms with E-state index in [1.165, 1.54) is 21.7 Å². The Morgan fingerprint density at radius 2 is 2.00 bits per heavy atom. The zero-order valence-electron chi connectivity index (χ0n) is 9.89. The fourth-order valence-electron chi connectivity index (χ4n) is 1.95. The first-order valence-corrected chi connectivity index (χ1v) is 6.80. The molecule has 2 nitrogen and oxygen atoms in total. The highest BCUT2D eigenvalue weighted by atomic mass is 32.1. The van der Waals surface area contributed by atoms with Gasteiger partial charge in [-0.3, -0.25) is 0 Å². The molecule has 0 aliphatic carbocycles. The molecule has 18 heavy (non-hydrogen) atoms. The van der Waals surface area contributed by atoms with Crippen LogP contribution in [0.25, 0.3) is 10.4 Å². The fourth-order valence-corrected chi connectivity index (χ4v) is 2.72. The monoisotopic (exact) mass is 254 g/mol. The smallest absolute Gasteiger partial charge is 0.0430 e. The topological polar surface area (TPSA) is 27.8 Å². The Labute approximate surface area is 110 Å². The highest BCUT2D eigenvalue weighted by molar-refractivity contribution is 7.13. The van der Waals surface area contributed by atoms with Gasteiger partial charge in [0.05, 0.1) is 0 Å². The minimum atomic E-state index is 0.839. The fraction of sp³-hybridized carbons (Fsp3) is 0.0667. The molecule has 2 heterocycles. The summed E-state index contributed by atoms with van der Waals surface area (Å²) in [7, 11) is 0. The number of benzene rings is 1. The van der Waals surface area contributed by atoms with Crippen LogP contribution in [0, 0.1) is 0 Å². The summed E-state index contributed by atoms with van der Waals surface area (Å²) in [6, 6.07) is 14.8. The second-order valence-corrected chi connectivity index (χ2v) is 5.04. The summed E-state index contributed by atoms with van der Waals surface area (Å²) in [6.45, 7) is 0.839. The van der Waals surface area contributed by atoms with Crippen LogP contribution in [-0.2, 0) is 6.54 Å². The number of hydrogen-bond acceptors (Lipinski definition) is 2. The van der Waals surface area contributed by atoms with Crippen molar-refractivity contribution >= 4 is 17.0 Å². The molecule has 0 amide bonds. The van der Waals surface area contributed by atoms with E-state index in [1.807, 2.05) is 12.4 Å². The van der Waals surface area contributed by atoms with Gasteiger partial charge in [0.25, 0.3) is 0 Å². The summed E-state index contributed by atoms with van der Waals surface area (Å²) in [6.07, 6.45) is 3.96. The Hall–Kier alpha value is -2.00. The standard InChI is InChI=1S/C15H14N2S/c1-2-5-14(17-11-12-7-8-16-10-12)13(4-1)15-6-3-9-18-15/h1-10,16-17H,11H2. The summed E-state index contributed by atoms with van der Waals surface area (Å²) in [5.41, 5.74) is 3.71. The van der Waals surface area contributed by atoms with Gasteiger partial charge in [0.15, 0.2) is 0 Å². The van der Waals surface area contributed by atoms with Crippen molar-refractivity contribution in [2.45, 2.75) is 6.54 Å². The van der Waals surface area contributed by atoms with Crippen LogP contribution in [0.4, 0.5) is 5.69 Å². The molecule has 3 heteroatoms. The quantitative estimate of drug-likeness (QED) is 0.711. The molecule has 2 N–H and O–H groups in total. The summed E-state index contributed by atoms with van der Waals surface area (Å²) in [5.74, 6) is 0. The first kappa shape index (κ1) is 11.1. The van der Waals surface area contributed by atoms with E-state index in [2.05, 4.69) is 58.1 Å². The highest BCUT2D eigenvalue weighted by Gasteiger charge is 2.04. The van der Waals surface area contributed by atoms with E-state index in [4.69, 9.17) is 0 Å². The molecule has 0 saturated carbocycles. The molecule has 0 saturated heterocycles. The van der Waals surface area contributed by atoms with E-state index in [9.17, 15) is 0 Å². The van der Waals surface area contributed by atoms with Gasteiger partial charge in [0.2, 0.25) is 0 Å². The van der Waals surface area contributed by atoms with Crippen molar-refractivity contribution in [3.05, 3.63) is 65.8 Å². The van der Waals surface area contributed by atoms with Gasteiger partial charge in [-0.05, 0) is 29.1 Å². The van der Waals surface area contributed by atoms with Crippen molar-refractivity contribution in [3.8, 4) is 10.4 Å². The molecule has 0 atom stereocenters.